The fourth-order valence-electron chi connectivity index (χ4n) is 5.37. The molecule has 7 heteroatoms. The number of hydrogen-bond acceptors (Lipinski definition) is 5. The molecular weight excluding hydrogens is 416 g/mol. The minimum atomic E-state index is -0.185. The zero-order valence-corrected chi connectivity index (χ0v) is 19.1. The molecule has 0 spiro atoms. The summed E-state index contributed by atoms with van der Waals surface area (Å²) in [7, 11) is 0. The van der Waals surface area contributed by atoms with Gasteiger partial charge in [0.25, 0.3) is 5.91 Å². The van der Waals surface area contributed by atoms with Crippen LogP contribution >= 0.6 is 0 Å². The van der Waals surface area contributed by atoms with Gasteiger partial charge >= 0.3 is 0 Å². The number of aromatic nitrogens is 1. The maximum Gasteiger partial charge on any atom is 0.273 e. The van der Waals surface area contributed by atoms with Crippen molar-refractivity contribution >= 4 is 11.8 Å². The molecule has 2 aliphatic carbocycles. The summed E-state index contributed by atoms with van der Waals surface area (Å²) in [5.74, 6) is 1.39. The van der Waals surface area contributed by atoms with Crippen LogP contribution in [0.25, 0.3) is 0 Å². The molecule has 3 aliphatic rings. The second kappa shape index (κ2) is 9.67. The number of likely N-dealkylation sites (tertiary alicyclic amines) is 1. The summed E-state index contributed by atoms with van der Waals surface area (Å²) in [6.07, 6.45) is 8.11. The number of amides is 2. The van der Waals surface area contributed by atoms with Gasteiger partial charge in [0.15, 0.2) is 5.69 Å². The fraction of sp³-hybridized carbons (Fsp3) is 0.577. The van der Waals surface area contributed by atoms with E-state index in [4.69, 9.17) is 10.3 Å². The van der Waals surface area contributed by atoms with E-state index in [0.29, 0.717) is 18.2 Å². The van der Waals surface area contributed by atoms with Crippen LogP contribution in [0, 0.1) is 5.92 Å². The third-order valence-corrected chi connectivity index (χ3v) is 7.51. The SMILES string of the molecule is NC1CCC(C(=O)N2CC[C@H](NC(=O)c3cc(C4CC4)on3)C[C@H]2Cc2ccccc2)CC1. The minimum absolute atomic E-state index is 0.0103. The van der Waals surface area contributed by atoms with Crippen molar-refractivity contribution < 1.29 is 14.1 Å². The van der Waals surface area contributed by atoms with Gasteiger partial charge in [0, 0.05) is 42.6 Å². The van der Waals surface area contributed by atoms with E-state index in [2.05, 4.69) is 27.5 Å². The second-order valence-corrected chi connectivity index (χ2v) is 10.1. The van der Waals surface area contributed by atoms with E-state index >= 15 is 0 Å². The van der Waals surface area contributed by atoms with E-state index in [1.165, 1.54) is 5.56 Å². The Kier molecular flexibility index (Phi) is 6.49. The standard InChI is InChI=1S/C26H34N4O3/c27-20-10-8-19(9-11-20)26(32)30-13-12-21(15-22(30)14-17-4-2-1-3-5-17)28-25(31)23-16-24(33-29-23)18-6-7-18/h1-5,16,18-22H,6-15,27H2,(H,28,31)/t19?,20?,21-,22+/m0/s1. The lowest BCUT2D eigenvalue weighted by molar-refractivity contribution is -0.140. The molecule has 3 N–H and O–H groups in total. The van der Waals surface area contributed by atoms with Crippen LogP contribution < -0.4 is 11.1 Å². The molecule has 5 rings (SSSR count). The highest BCUT2D eigenvalue weighted by Gasteiger charge is 2.37. The van der Waals surface area contributed by atoms with Crippen molar-refractivity contribution in [3.8, 4) is 0 Å². The average Bonchev–Trinajstić information content (AvgIpc) is 3.56. The zero-order chi connectivity index (χ0) is 22.8. The Morgan fingerprint density at radius 3 is 2.55 bits per heavy atom. The Balaban J connectivity index is 1.26. The van der Waals surface area contributed by atoms with Crippen LogP contribution in [0.2, 0.25) is 0 Å². The first kappa shape index (κ1) is 22.1. The lowest BCUT2D eigenvalue weighted by atomic mass is 9.84. The van der Waals surface area contributed by atoms with Crippen molar-refractivity contribution in [3.05, 3.63) is 53.4 Å². The van der Waals surface area contributed by atoms with Crippen LogP contribution in [0.1, 0.15) is 79.1 Å². The maximum atomic E-state index is 13.5. The summed E-state index contributed by atoms with van der Waals surface area (Å²) < 4.78 is 5.35. The van der Waals surface area contributed by atoms with E-state index in [1.807, 2.05) is 18.2 Å². The van der Waals surface area contributed by atoms with E-state index in [1.54, 1.807) is 6.07 Å². The largest absolute Gasteiger partial charge is 0.360 e. The summed E-state index contributed by atoms with van der Waals surface area (Å²) in [6.45, 7) is 0.663. The number of carbonyl (C=O) groups is 2. The molecule has 0 unspecified atom stereocenters. The van der Waals surface area contributed by atoms with Crippen molar-refractivity contribution in [2.24, 2.45) is 11.7 Å². The van der Waals surface area contributed by atoms with Crippen molar-refractivity contribution in [1.29, 1.82) is 0 Å². The number of hydrogen-bond donors (Lipinski definition) is 2. The van der Waals surface area contributed by atoms with Crippen molar-refractivity contribution in [2.45, 2.75) is 81.8 Å². The molecule has 33 heavy (non-hydrogen) atoms. The first-order valence-corrected chi connectivity index (χ1v) is 12.4. The van der Waals surface area contributed by atoms with Gasteiger partial charge in [-0.25, -0.2) is 0 Å². The first-order chi connectivity index (χ1) is 16.1. The third kappa shape index (κ3) is 5.29. The van der Waals surface area contributed by atoms with Crippen LogP contribution in [0.15, 0.2) is 40.9 Å². The molecule has 2 heterocycles. The lowest BCUT2D eigenvalue weighted by Gasteiger charge is -2.42. The van der Waals surface area contributed by atoms with Gasteiger partial charge in [-0.2, -0.15) is 0 Å². The number of benzene rings is 1. The Morgan fingerprint density at radius 1 is 1.06 bits per heavy atom. The molecule has 1 aromatic carbocycles. The van der Waals surface area contributed by atoms with Crippen LogP contribution in [0.3, 0.4) is 0 Å². The second-order valence-electron chi connectivity index (χ2n) is 10.1. The highest BCUT2D eigenvalue weighted by atomic mass is 16.5. The highest BCUT2D eigenvalue weighted by Crippen LogP contribution is 2.40. The van der Waals surface area contributed by atoms with Crippen LogP contribution in [0.5, 0.6) is 0 Å². The molecular formula is C26H34N4O3. The number of nitrogens with two attached hydrogens (primary N) is 1. The van der Waals surface area contributed by atoms with Gasteiger partial charge in [-0.3, -0.25) is 9.59 Å². The molecule has 2 saturated carbocycles. The van der Waals surface area contributed by atoms with E-state index in [-0.39, 0.29) is 35.9 Å². The normalized spacial score (nSPS) is 27.8. The quantitative estimate of drug-likeness (QED) is 0.702. The molecule has 176 valence electrons. The highest BCUT2D eigenvalue weighted by molar-refractivity contribution is 5.92. The van der Waals surface area contributed by atoms with Crippen LogP contribution in [-0.4, -0.2) is 46.5 Å². The monoisotopic (exact) mass is 450 g/mol. The molecule has 2 amide bonds. The van der Waals surface area contributed by atoms with Gasteiger partial charge in [-0.05, 0) is 63.4 Å². The van der Waals surface area contributed by atoms with E-state index in [0.717, 1.165) is 63.5 Å². The van der Waals surface area contributed by atoms with Crippen LogP contribution in [0.4, 0.5) is 0 Å². The molecule has 2 aromatic rings. The lowest BCUT2D eigenvalue weighted by Crippen LogP contribution is -2.54. The first-order valence-electron chi connectivity index (χ1n) is 12.4. The van der Waals surface area contributed by atoms with Gasteiger partial charge < -0.3 is 20.5 Å². The minimum Gasteiger partial charge on any atom is -0.360 e. The van der Waals surface area contributed by atoms with E-state index in [9.17, 15) is 9.59 Å². The van der Waals surface area contributed by atoms with Gasteiger partial charge in [0.2, 0.25) is 5.91 Å². The molecule has 1 saturated heterocycles. The summed E-state index contributed by atoms with van der Waals surface area (Å²) >= 11 is 0. The fourth-order valence-corrected chi connectivity index (χ4v) is 5.37. The topological polar surface area (TPSA) is 101 Å². The maximum absolute atomic E-state index is 13.5. The summed E-state index contributed by atoms with van der Waals surface area (Å²) in [6, 6.07) is 12.4. The van der Waals surface area contributed by atoms with Crippen molar-refractivity contribution in [1.82, 2.24) is 15.4 Å². The van der Waals surface area contributed by atoms with Gasteiger partial charge in [0.1, 0.15) is 5.76 Å². The van der Waals surface area contributed by atoms with Gasteiger partial charge in [-0.1, -0.05) is 35.5 Å². The van der Waals surface area contributed by atoms with E-state index < -0.39 is 0 Å². The Labute approximate surface area is 195 Å². The number of carbonyl (C=O) groups excluding carboxylic acids is 2. The molecule has 0 radical (unpaired) electrons. The molecule has 2 atom stereocenters. The molecule has 0 bridgehead atoms. The molecule has 7 nitrogen and oxygen atoms in total. The predicted octanol–water partition coefficient (Wildman–Crippen LogP) is 3.40. The number of rotatable bonds is 6. The average molecular weight is 451 g/mol. The predicted molar refractivity (Wildman–Crippen MR) is 125 cm³/mol. The molecule has 1 aromatic heterocycles. The van der Waals surface area contributed by atoms with Gasteiger partial charge in [-0.15, -0.1) is 0 Å². The van der Waals surface area contributed by atoms with Crippen molar-refractivity contribution in [3.63, 3.8) is 0 Å². The number of nitrogens with one attached hydrogen (secondary N) is 1. The summed E-state index contributed by atoms with van der Waals surface area (Å²) in [4.78, 5) is 28.3. The number of nitrogens with zero attached hydrogens (tertiary/aromatic N) is 2. The third-order valence-electron chi connectivity index (χ3n) is 7.51. The smallest absolute Gasteiger partial charge is 0.273 e. The summed E-state index contributed by atoms with van der Waals surface area (Å²) in [5, 5.41) is 7.13. The van der Waals surface area contributed by atoms with Crippen molar-refractivity contribution in [2.75, 3.05) is 6.54 Å². The molecule has 1 aliphatic heterocycles. The Morgan fingerprint density at radius 2 is 1.82 bits per heavy atom. The molecule has 3 fully saturated rings. The Bertz CT molecular complexity index is 963. The Hall–Kier alpha value is -2.67. The summed E-state index contributed by atoms with van der Waals surface area (Å²) in [5.41, 5.74) is 7.63. The van der Waals surface area contributed by atoms with Crippen LogP contribution in [-0.2, 0) is 11.2 Å². The number of piperidine rings is 1. The van der Waals surface area contributed by atoms with Gasteiger partial charge in [0.05, 0.1) is 0 Å². The zero-order valence-electron chi connectivity index (χ0n) is 19.1.